The number of rotatable bonds is 8. The summed E-state index contributed by atoms with van der Waals surface area (Å²) in [6.45, 7) is 2.15. The number of nitrogens with one attached hydrogen (secondary N) is 1. The maximum atomic E-state index is 13.0. The van der Waals surface area contributed by atoms with Crippen LogP contribution in [0.1, 0.15) is 12.5 Å². The van der Waals surface area contributed by atoms with E-state index in [-0.39, 0.29) is 12.4 Å². The van der Waals surface area contributed by atoms with Crippen LogP contribution in [0.25, 0.3) is 0 Å². The smallest absolute Gasteiger partial charge is 0.277 e. The molecule has 2 aromatic rings. The molecule has 0 spiro atoms. The van der Waals surface area contributed by atoms with Crippen LogP contribution >= 0.6 is 0 Å². The van der Waals surface area contributed by atoms with Gasteiger partial charge in [0, 0.05) is 6.07 Å². The molecule has 1 N–H and O–H groups in total. The van der Waals surface area contributed by atoms with E-state index in [0.29, 0.717) is 18.1 Å². The molecular weight excluding hydrogens is 327 g/mol. The van der Waals surface area contributed by atoms with Gasteiger partial charge in [-0.25, -0.2) is 9.82 Å². The van der Waals surface area contributed by atoms with Crippen LogP contribution in [-0.4, -0.2) is 32.4 Å². The standard InChI is InChI=1S/C18H19FN2O4/c1-3-24-16-8-7-13(9-17(16)23-2)11-20-21-18(22)12-25-15-6-4-5-14(19)10-15/h4-11H,3,12H2,1-2H3,(H,21,22)/b20-11-. The molecule has 25 heavy (non-hydrogen) atoms. The van der Waals surface area contributed by atoms with E-state index < -0.39 is 11.7 Å². The molecule has 2 aromatic carbocycles. The molecule has 2 rings (SSSR count). The number of ether oxygens (including phenoxy) is 3. The maximum absolute atomic E-state index is 13.0. The molecule has 0 atom stereocenters. The van der Waals surface area contributed by atoms with E-state index in [2.05, 4.69) is 10.5 Å². The van der Waals surface area contributed by atoms with Gasteiger partial charge >= 0.3 is 0 Å². The van der Waals surface area contributed by atoms with Crippen molar-refractivity contribution >= 4 is 12.1 Å². The number of amides is 1. The summed E-state index contributed by atoms with van der Waals surface area (Å²) >= 11 is 0. The summed E-state index contributed by atoms with van der Waals surface area (Å²) in [6.07, 6.45) is 1.47. The van der Waals surface area contributed by atoms with Crippen molar-refractivity contribution in [2.45, 2.75) is 6.92 Å². The molecule has 0 fully saturated rings. The van der Waals surface area contributed by atoms with Gasteiger partial charge in [0.2, 0.25) is 0 Å². The van der Waals surface area contributed by atoms with Crippen molar-refractivity contribution < 1.29 is 23.4 Å². The van der Waals surface area contributed by atoms with Crippen LogP contribution < -0.4 is 19.6 Å². The molecule has 1 amide bonds. The molecule has 6 nitrogen and oxygen atoms in total. The van der Waals surface area contributed by atoms with Crippen LogP contribution in [0.2, 0.25) is 0 Å². The summed E-state index contributed by atoms with van der Waals surface area (Å²) in [5, 5.41) is 3.85. The number of carbonyl (C=O) groups is 1. The molecule has 7 heteroatoms. The SMILES string of the molecule is CCOc1ccc(/C=N\NC(=O)COc2cccc(F)c2)cc1OC. The largest absolute Gasteiger partial charge is 0.493 e. The van der Waals surface area contributed by atoms with Crippen LogP contribution in [0.15, 0.2) is 47.6 Å². The summed E-state index contributed by atoms with van der Waals surface area (Å²) in [6, 6.07) is 10.8. The molecule has 0 bridgehead atoms. The number of halogens is 1. The van der Waals surface area contributed by atoms with E-state index in [1.54, 1.807) is 31.4 Å². The van der Waals surface area contributed by atoms with E-state index >= 15 is 0 Å². The zero-order chi connectivity index (χ0) is 18.1. The highest BCUT2D eigenvalue weighted by molar-refractivity contribution is 5.83. The molecular formula is C18H19FN2O4. The van der Waals surface area contributed by atoms with Gasteiger partial charge in [-0.05, 0) is 42.8 Å². The number of carbonyl (C=O) groups excluding carboxylic acids is 1. The zero-order valence-corrected chi connectivity index (χ0v) is 14.0. The number of benzene rings is 2. The summed E-state index contributed by atoms with van der Waals surface area (Å²) < 4.78 is 28.8. The lowest BCUT2D eigenvalue weighted by molar-refractivity contribution is -0.123. The van der Waals surface area contributed by atoms with Crippen LogP contribution in [0.5, 0.6) is 17.2 Å². The highest BCUT2D eigenvalue weighted by Crippen LogP contribution is 2.27. The minimum atomic E-state index is -0.460. The lowest BCUT2D eigenvalue weighted by Crippen LogP contribution is -2.24. The second kappa shape index (κ2) is 9.27. The highest BCUT2D eigenvalue weighted by Gasteiger charge is 2.05. The fraction of sp³-hybridized carbons (Fsp3) is 0.222. The lowest BCUT2D eigenvalue weighted by atomic mass is 10.2. The van der Waals surface area contributed by atoms with Crippen LogP contribution in [0, 0.1) is 5.82 Å². The highest BCUT2D eigenvalue weighted by atomic mass is 19.1. The van der Waals surface area contributed by atoms with Crippen molar-refractivity contribution in [2.24, 2.45) is 5.10 Å². The topological polar surface area (TPSA) is 69.2 Å². The van der Waals surface area contributed by atoms with E-state index in [4.69, 9.17) is 14.2 Å². The minimum absolute atomic E-state index is 0.270. The Labute approximate surface area is 145 Å². The normalized spacial score (nSPS) is 10.5. The third-order valence-electron chi connectivity index (χ3n) is 3.06. The monoisotopic (exact) mass is 346 g/mol. The van der Waals surface area contributed by atoms with E-state index in [1.165, 1.54) is 24.4 Å². The predicted molar refractivity (Wildman–Crippen MR) is 91.8 cm³/mol. The van der Waals surface area contributed by atoms with Crippen molar-refractivity contribution in [3.63, 3.8) is 0 Å². The van der Waals surface area contributed by atoms with Gasteiger partial charge in [0.05, 0.1) is 19.9 Å². The molecule has 0 saturated carbocycles. The van der Waals surface area contributed by atoms with E-state index in [9.17, 15) is 9.18 Å². The Morgan fingerprint density at radius 3 is 2.76 bits per heavy atom. The first kappa shape index (κ1) is 18.3. The molecule has 0 saturated heterocycles. The quantitative estimate of drug-likeness (QED) is 0.589. The first-order valence-corrected chi connectivity index (χ1v) is 7.63. The predicted octanol–water partition coefficient (Wildman–Crippen LogP) is 2.76. The molecule has 0 unspecified atom stereocenters. The first-order chi connectivity index (χ1) is 12.1. The van der Waals surface area contributed by atoms with Crippen molar-refractivity contribution in [1.82, 2.24) is 5.43 Å². The van der Waals surface area contributed by atoms with Gasteiger partial charge in [0.15, 0.2) is 18.1 Å². The minimum Gasteiger partial charge on any atom is -0.493 e. The fourth-order valence-corrected chi connectivity index (χ4v) is 1.96. The third kappa shape index (κ3) is 5.80. The van der Waals surface area contributed by atoms with Crippen molar-refractivity contribution in [2.75, 3.05) is 20.3 Å². The molecule has 132 valence electrons. The molecule has 0 aliphatic rings. The van der Waals surface area contributed by atoms with Crippen LogP contribution in [-0.2, 0) is 4.79 Å². The van der Waals surface area contributed by atoms with Gasteiger partial charge in [-0.2, -0.15) is 5.10 Å². The summed E-state index contributed by atoms with van der Waals surface area (Å²) in [5.74, 6) is 0.593. The first-order valence-electron chi connectivity index (χ1n) is 7.63. The molecule has 0 aliphatic heterocycles. The second-order valence-electron chi connectivity index (χ2n) is 4.88. The summed E-state index contributed by atoms with van der Waals surface area (Å²) in [4.78, 5) is 11.7. The number of nitrogens with zero attached hydrogens (tertiary/aromatic N) is 1. The van der Waals surface area contributed by atoms with Crippen molar-refractivity contribution in [1.29, 1.82) is 0 Å². The molecule has 0 aromatic heterocycles. The van der Waals surface area contributed by atoms with E-state index in [1.807, 2.05) is 6.92 Å². The van der Waals surface area contributed by atoms with Gasteiger partial charge in [0.1, 0.15) is 11.6 Å². The van der Waals surface area contributed by atoms with Crippen LogP contribution in [0.4, 0.5) is 4.39 Å². The molecule has 0 radical (unpaired) electrons. The van der Waals surface area contributed by atoms with Crippen molar-refractivity contribution in [3.8, 4) is 17.2 Å². The summed E-state index contributed by atoms with van der Waals surface area (Å²) in [7, 11) is 1.55. The van der Waals surface area contributed by atoms with Crippen LogP contribution in [0.3, 0.4) is 0 Å². The van der Waals surface area contributed by atoms with Gasteiger partial charge in [0.25, 0.3) is 5.91 Å². The van der Waals surface area contributed by atoms with Gasteiger partial charge in [-0.1, -0.05) is 6.07 Å². The lowest BCUT2D eigenvalue weighted by Gasteiger charge is -2.09. The number of methoxy groups -OCH3 is 1. The van der Waals surface area contributed by atoms with Crippen molar-refractivity contribution in [3.05, 3.63) is 53.8 Å². The number of hydrogen-bond acceptors (Lipinski definition) is 5. The van der Waals surface area contributed by atoms with E-state index in [0.717, 1.165) is 5.56 Å². The third-order valence-corrected chi connectivity index (χ3v) is 3.06. The fourth-order valence-electron chi connectivity index (χ4n) is 1.96. The Balaban J connectivity index is 1.86. The average molecular weight is 346 g/mol. The Morgan fingerprint density at radius 1 is 1.20 bits per heavy atom. The second-order valence-corrected chi connectivity index (χ2v) is 4.88. The average Bonchev–Trinajstić information content (AvgIpc) is 2.61. The number of hydrazone groups is 1. The van der Waals surface area contributed by atoms with Gasteiger partial charge in [-0.3, -0.25) is 4.79 Å². The Kier molecular flexibility index (Phi) is 6.76. The van der Waals surface area contributed by atoms with Gasteiger partial charge < -0.3 is 14.2 Å². The maximum Gasteiger partial charge on any atom is 0.277 e. The summed E-state index contributed by atoms with van der Waals surface area (Å²) in [5.41, 5.74) is 3.06. The Morgan fingerprint density at radius 2 is 2.04 bits per heavy atom. The Hall–Kier alpha value is -3.09. The molecule has 0 aliphatic carbocycles. The number of hydrogen-bond donors (Lipinski definition) is 1. The zero-order valence-electron chi connectivity index (χ0n) is 14.0. The molecule has 0 heterocycles. The van der Waals surface area contributed by atoms with Gasteiger partial charge in [-0.15, -0.1) is 0 Å². The Bertz CT molecular complexity index is 750.